The molecule has 1 aliphatic rings. The summed E-state index contributed by atoms with van der Waals surface area (Å²) in [5.74, 6) is 0.715. The Morgan fingerprint density at radius 2 is 2.11 bits per heavy atom. The van der Waals surface area contributed by atoms with Crippen LogP contribution in [0, 0.1) is 5.41 Å². The lowest BCUT2D eigenvalue weighted by atomic mass is 9.78. The summed E-state index contributed by atoms with van der Waals surface area (Å²) in [6.45, 7) is 6.91. The van der Waals surface area contributed by atoms with Crippen molar-refractivity contribution in [1.29, 1.82) is 0 Å². The minimum absolute atomic E-state index is 0.206. The molecule has 2 heterocycles. The summed E-state index contributed by atoms with van der Waals surface area (Å²) in [7, 11) is 0. The summed E-state index contributed by atoms with van der Waals surface area (Å²) in [6, 6.07) is 2.24. The molecule has 2 rings (SSSR count). The smallest absolute Gasteiger partial charge is 0.0624 e. The molecule has 102 valence electrons. The van der Waals surface area contributed by atoms with Crippen molar-refractivity contribution in [3.8, 4) is 0 Å². The van der Waals surface area contributed by atoms with Crippen LogP contribution < -0.4 is 0 Å². The molecule has 1 aliphatic heterocycles. The van der Waals surface area contributed by atoms with Crippen LogP contribution in [0.15, 0.2) is 6.07 Å². The first-order chi connectivity index (χ1) is 8.73. The molecule has 1 aromatic rings. The minimum atomic E-state index is 0.206. The van der Waals surface area contributed by atoms with Gasteiger partial charge in [-0.1, -0.05) is 6.92 Å². The molecule has 0 bridgehead atoms. The number of ether oxygens (including phenoxy) is 1. The van der Waals surface area contributed by atoms with E-state index in [9.17, 15) is 0 Å². The number of halogens is 1. The van der Waals surface area contributed by atoms with E-state index in [0.29, 0.717) is 5.88 Å². The summed E-state index contributed by atoms with van der Waals surface area (Å²) in [4.78, 5) is 0. The second-order valence-electron chi connectivity index (χ2n) is 5.22. The van der Waals surface area contributed by atoms with Gasteiger partial charge in [0.25, 0.3) is 0 Å². The average molecular weight is 271 g/mol. The standard InChI is InChI=1S/C14H23ClN2O/c1-3-12-9-13(17(4-2)16-12)10-14(11-15)5-7-18-8-6-14/h9H,3-8,10-11H2,1-2H3. The third-order valence-corrected chi connectivity index (χ3v) is 4.54. The van der Waals surface area contributed by atoms with E-state index in [1.165, 1.54) is 11.4 Å². The monoisotopic (exact) mass is 270 g/mol. The largest absolute Gasteiger partial charge is 0.381 e. The van der Waals surface area contributed by atoms with E-state index in [1.54, 1.807) is 0 Å². The van der Waals surface area contributed by atoms with Gasteiger partial charge in [-0.3, -0.25) is 4.68 Å². The molecule has 3 nitrogen and oxygen atoms in total. The Hall–Kier alpha value is -0.540. The van der Waals surface area contributed by atoms with Gasteiger partial charge in [0.05, 0.1) is 5.69 Å². The van der Waals surface area contributed by atoms with Crippen LogP contribution in [0.3, 0.4) is 0 Å². The number of hydrogen-bond acceptors (Lipinski definition) is 2. The van der Waals surface area contributed by atoms with E-state index in [-0.39, 0.29) is 5.41 Å². The lowest BCUT2D eigenvalue weighted by Gasteiger charge is -2.35. The van der Waals surface area contributed by atoms with Gasteiger partial charge in [-0.15, -0.1) is 11.6 Å². The summed E-state index contributed by atoms with van der Waals surface area (Å²) < 4.78 is 7.59. The molecule has 0 radical (unpaired) electrons. The maximum absolute atomic E-state index is 6.24. The lowest BCUT2D eigenvalue weighted by molar-refractivity contribution is 0.0249. The number of nitrogens with zero attached hydrogens (tertiary/aromatic N) is 2. The molecular weight excluding hydrogens is 248 g/mol. The molecule has 1 aromatic heterocycles. The van der Waals surface area contributed by atoms with E-state index in [2.05, 4.69) is 29.7 Å². The highest BCUT2D eigenvalue weighted by molar-refractivity contribution is 6.18. The number of aryl methyl sites for hydroxylation is 2. The second-order valence-corrected chi connectivity index (χ2v) is 5.49. The van der Waals surface area contributed by atoms with Crippen LogP contribution in [0.4, 0.5) is 0 Å². The van der Waals surface area contributed by atoms with Gasteiger partial charge < -0.3 is 4.74 Å². The van der Waals surface area contributed by atoms with Crippen LogP contribution in [0.2, 0.25) is 0 Å². The number of alkyl halides is 1. The molecule has 0 saturated carbocycles. The SMILES string of the molecule is CCc1cc(CC2(CCl)CCOCC2)n(CC)n1. The second kappa shape index (κ2) is 6.07. The maximum atomic E-state index is 6.24. The predicted octanol–water partition coefficient (Wildman–Crippen LogP) is 3.04. The van der Waals surface area contributed by atoms with E-state index in [0.717, 1.165) is 45.4 Å². The third-order valence-electron chi connectivity index (χ3n) is 3.97. The first-order valence-corrected chi connectivity index (χ1v) is 7.46. The van der Waals surface area contributed by atoms with Gasteiger partial charge in [-0.2, -0.15) is 5.10 Å². The van der Waals surface area contributed by atoms with Gasteiger partial charge in [0, 0.05) is 31.3 Å². The highest BCUT2D eigenvalue weighted by atomic mass is 35.5. The van der Waals surface area contributed by atoms with Crippen LogP contribution in [0.5, 0.6) is 0 Å². The Kier molecular flexibility index (Phi) is 4.68. The molecule has 1 fully saturated rings. The van der Waals surface area contributed by atoms with Crippen molar-refractivity contribution in [2.75, 3.05) is 19.1 Å². The molecular formula is C14H23ClN2O. The number of rotatable bonds is 5. The lowest BCUT2D eigenvalue weighted by Crippen LogP contribution is -2.34. The predicted molar refractivity (Wildman–Crippen MR) is 74.2 cm³/mol. The summed E-state index contributed by atoms with van der Waals surface area (Å²) >= 11 is 6.24. The van der Waals surface area contributed by atoms with Crippen molar-refractivity contribution in [3.63, 3.8) is 0 Å². The topological polar surface area (TPSA) is 27.1 Å². The van der Waals surface area contributed by atoms with Crippen molar-refractivity contribution in [2.45, 2.75) is 46.1 Å². The molecule has 1 saturated heterocycles. The molecule has 4 heteroatoms. The zero-order chi connectivity index (χ0) is 13.0. The van der Waals surface area contributed by atoms with E-state index in [4.69, 9.17) is 16.3 Å². The van der Waals surface area contributed by atoms with Crippen LogP contribution in [-0.4, -0.2) is 28.9 Å². The third kappa shape index (κ3) is 2.89. The Bertz CT molecular complexity index is 383. The van der Waals surface area contributed by atoms with E-state index < -0.39 is 0 Å². The van der Waals surface area contributed by atoms with E-state index in [1.807, 2.05) is 0 Å². The Morgan fingerprint density at radius 1 is 1.39 bits per heavy atom. The highest BCUT2D eigenvalue weighted by Gasteiger charge is 2.33. The summed E-state index contributed by atoms with van der Waals surface area (Å²) in [5.41, 5.74) is 2.72. The fourth-order valence-electron chi connectivity index (χ4n) is 2.65. The van der Waals surface area contributed by atoms with Crippen molar-refractivity contribution in [3.05, 3.63) is 17.5 Å². The molecule has 0 spiro atoms. The minimum Gasteiger partial charge on any atom is -0.381 e. The zero-order valence-electron chi connectivity index (χ0n) is 11.4. The van der Waals surface area contributed by atoms with Gasteiger partial charge in [0.2, 0.25) is 0 Å². The van der Waals surface area contributed by atoms with Crippen LogP contribution >= 0.6 is 11.6 Å². The Balaban J connectivity index is 2.17. The van der Waals surface area contributed by atoms with Crippen molar-refractivity contribution in [2.24, 2.45) is 5.41 Å². The first-order valence-electron chi connectivity index (χ1n) is 6.92. The number of hydrogen-bond donors (Lipinski definition) is 0. The maximum Gasteiger partial charge on any atom is 0.0624 e. The van der Waals surface area contributed by atoms with Gasteiger partial charge >= 0.3 is 0 Å². The fraction of sp³-hybridized carbons (Fsp3) is 0.786. The average Bonchev–Trinajstić information content (AvgIpc) is 2.82. The quantitative estimate of drug-likeness (QED) is 0.769. The molecule has 0 atom stereocenters. The normalized spacial score (nSPS) is 19.1. The van der Waals surface area contributed by atoms with E-state index >= 15 is 0 Å². The fourth-order valence-corrected chi connectivity index (χ4v) is 3.01. The van der Waals surface area contributed by atoms with Gasteiger partial charge in [0.1, 0.15) is 0 Å². The van der Waals surface area contributed by atoms with Crippen LogP contribution in [0.25, 0.3) is 0 Å². The van der Waals surface area contributed by atoms with Crippen molar-refractivity contribution < 1.29 is 4.74 Å². The summed E-state index contributed by atoms with van der Waals surface area (Å²) in [6.07, 6.45) is 4.15. The summed E-state index contributed by atoms with van der Waals surface area (Å²) in [5, 5.41) is 4.62. The molecule has 18 heavy (non-hydrogen) atoms. The molecule has 0 aromatic carbocycles. The number of aromatic nitrogens is 2. The Morgan fingerprint density at radius 3 is 2.67 bits per heavy atom. The van der Waals surface area contributed by atoms with Crippen molar-refractivity contribution >= 4 is 11.6 Å². The molecule has 0 aliphatic carbocycles. The van der Waals surface area contributed by atoms with Gasteiger partial charge in [-0.25, -0.2) is 0 Å². The molecule has 0 unspecified atom stereocenters. The molecule has 0 amide bonds. The van der Waals surface area contributed by atoms with Crippen LogP contribution in [-0.2, 0) is 24.1 Å². The van der Waals surface area contributed by atoms with Crippen molar-refractivity contribution in [1.82, 2.24) is 9.78 Å². The highest BCUT2D eigenvalue weighted by Crippen LogP contribution is 2.35. The molecule has 0 N–H and O–H groups in total. The first kappa shape index (κ1) is 13.9. The van der Waals surface area contributed by atoms with Crippen LogP contribution in [0.1, 0.15) is 38.1 Å². The van der Waals surface area contributed by atoms with Gasteiger partial charge in [-0.05, 0) is 44.1 Å². The zero-order valence-corrected chi connectivity index (χ0v) is 12.2. The van der Waals surface area contributed by atoms with Gasteiger partial charge in [0.15, 0.2) is 0 Å². The Labute approximate surface area is 114 Å².